The number of hydrogen-bond donors (Lipinski definition) is 1. The number of hydrogen-bond acceptors (Lipinski definition) is 3. The number of nitrogens with one attached hydrogen (secondary N) is 1. The quantitative estimate of drug-likeness (QED) is 0.917. The van der Waals surface area contributed by atoms with Gasteiger partial charge in [0.15, 0.2) is 0 Å². The average Bonchev–Trinajstić information content (AvgIpc) is 2.69. The number of amides is 1. The van der Waals surface area contributed by atoms with Crippen molar-refractivity contribution >= 4 is 16.7 Å². The van der Waals surface area contributed by atoms with E-state index in [2.05, 4.69) is 52.7 Å². The summed E-state index contributed by atoms with van der Waals surface area (Å²) >= 11 is 0. The summed E-state index contributed by atoms with van der Waals surface area (Å²) in [5, 5.41) is 5.82. The smallest absolute Gasteiger partial charge is 0.224 e. The third kappa shape index (κ3) is 4.25. The highest BCUT2D eigenvalue weighted by Gasteiger charge is 2.27. The number of carbonyl (C=O) groups is 1. The Labute approximate surface area is 155 Å². The normalized spacial score (nSPS) is 22.4. The topological polar surface area (TPSA) is 41.6 Å². The van der Waals surface area contributed by atoms with Gasteiger partial charge in [-0.3, -0.25) is 9.69 Å². The lowest BCUT2D eigenvalue weighted by Crippen LogP contribution is -2.47. The Bertz CT molecular complexity index is 755. The molecule has 2 fully saturated rings. The fourth-order valence-corrected chi connectivity index (χ4v) is 4.17. The number of benzene rings is 2. The highest BCUT2D eigenvalue weighted by Crippen LogP contribution is 2.22. The lowest BCUT2D eigenvalue weighted by molar-refractivity contribution is -0.128. The number of nitrogens with zero attached hydrogens (tertiary/aromatic N) is 1. The van der Waals surface area contributed by atoms with E-state index < -0.39 is 0 Å². The molecule has 1 amide bonds. The number of piperidine rings is 1. The Morgan fingerprint density at radius 2 is 1.88 bits per heavy atom. The largest absolute Gasteiger partial charge is 0.381 e. The van der Waals surface area contributed by atoms with Crippen molar-refractivity contribution in [2.45, 2.75) is 38.3 Å². The maximum atomic E-state index is 12.7. The van der Waals surface area contributed by atoms with Crippen molar-refractivity contribution in [3.8, 4) is 0 Å². The summed E-state index contributed by atoms with van der Waals surface area (Å²) in [6, 6.07) is 15.5. The van der Waals surface area contributed by atoms with Crippen LogP contribution >= 0.6 is 0 Å². The van der Waals surface area contributed by atoms with Crippen LogP contribution in [-0.4, -0.2) is 43.2 Å². The van der Waals surface area contributed by atoms with Gasteiger partial charge in [0.1, 0.15) is 0 Å². The van der Waals surface area contributed by atoms with Crippen LogP contribution in [0.5, 0.6) is 0 Å². The summed E-state index contributed by atoms with van der Waals surface area (Å²) in [6.07, 6.45) is 3.99. The van der Waals surface area contributed by atoms with E-state index in [1.165, 1.54) is 16.3 Å². The molecule has 2 heterocycles. The first-order valence-electron chi connectivity index (χ1n) is 9.86. The predicted molar refractivity (Wildman–Crippen MR) is 104 cm³/mol. The number of ether oxygens (including phenoxy) is 1. The molecule has 2 aliphatic heterocycles. The van der Waals surface area contributed by atoms with Crippen molar-refractivity contribution in [1.82, 2.24) is 10.2 Å². The molecule has 4 heteroatoms. The molecular weight excluding hydrogens is 324 g/mol. The molecule has 0 aliphatic carbocycles. The van der Waals surface area contributed by atoms with Gasteiger partial charge in [0, 0.05) is 32.3 Å². The van der Waals surface area contributed by atoms with Gasteiger partial charge < -0.3 is 10.1 Å². The minimum atomic E-state index is 0.118. The van der Waals surface area contributed by atoms with E-state index >= 15 is 0 Å². The second kappa shape index (κ2) is 8.19. The summed E-state index contributed by atoms with van der Waals surface area (Å²) in [7, 11) is 0. The maximum Gasteiger partial charge on any atom is 0.224 e. The van der Waals surface area contributed by atoms with Crippen LogP contribution in [0.15, 0.2) is 42.5 Å². The zero-order chi connectivity index (χ0) is 17.8. The minimum absolute atomic E-state index is 0.118. The van der Waals surface area contributed by atoms with Crippen LogP contribution in [-0.2, 0) is 16.1 Å². The number of likely N-dealkylation sites (tertiary alicyclic amines) is 1. The Hall–Kier alpha value is -1.91. The van der Waals surface area contributed by atoms with Crippen LogP contribution in [0.1, 0.15) is 31.2 Å². The van der Waals surface area contributed by atoms with Gasteiger partial charge in [0.2, 0.25) is 5.91 Å². The molecule has 0 bridgehead atoms. The summed E-state index contributed by atoms with van der Waals surface area (Å²) in [4.78, 5) is 15.1. The van der Waals surface area contributed by atoms with Crippen LogP contribution in [0.2, 0.25) is 0 Å². The van der Waals surface area contributed by atoms with Gasteiger partial charge in [-0.15, -0.1) is 0 Å². The molecule has 2 saturated heterocycles. The molecule has 4 rings (SSSR count). The van der Waals surface area contributed by atoms with Crippen LogP contribution in [0.3, 0.4) is 0 Å². The number of carbonyl (C=O) groups excluding carboxylic acids is 1. The molecule has 2 aromatic carbocycles. The molecule has 1 atom stereocenters. The van der Waals surface area contributed by atoms with Crippen molar-refractivity contribution in [3.05, 3.63) is 48.0 Å². The minimum Gasteiger partial charge on any atom is -0.381 e. The van der Waals surface area contributed by atoms with E-state index in [0.29, 0.717) is 6.04 Å². The monoisotopic (exact) mass is 352 g/mol. The lowest BCUT2D eigenvalue weighted by atomic mass is 9.95. The summed E-state index contributed by atoms with van der Waals surface area (Å²) in [5.74, 6) is 0.354. The Morgan fingerprint density at radius 1 is 1.08 bits per heavy atom. The van der Waals surface area contributed by atoms with Crippen LogP contribution in [0, 0.1) is 5.92 Å². The van der Waals surface area contributed by atoms with E-state index in [1.54, 1.807) is 0 Å². The highest BCUT2D eigenvalue weighted by atomic mass is 16.5. The van der Waals surface area contributed by atoms with E-state index in [-0.39, 0.29) is 11.8 Å². The maximum absolute atomic E-state index is 12.7. The molecule has 0 aromatic heterocycles. The molecule has 1 unspecified atom stereocenters. The highest BCUT2D eigenvalue weighted by molar-refractivity contribution is 5.83. The van der Waals surface area contributed by atoms with E-state index in [1.807, 2.05) is 0 Å². The lowest BCUT2D eigenvalue weighted by Gasteiger charge is -2.33. The standard InChI is InChI=1S/C22H28N2O2/c25-22(23-21-9-12-26-13-10-21)20-6-3-11-24(16-20)15-17-7-8-18-4-1-2-5-19(18)14-17/h1-2,4-5,7-8,14,20-21H,3,6,9-13,15-16H2,(H,23,25). The van der Waals surface area contributed by atoms with Crippen LogP contribution in [0.4, 0.5) is 0 Å². The molecule has 0 radical (unpaired) electrons. The molecule has 0 spiro atoms. The van der Waals surface area contributed by atoms with Gasteiger partial charge in [0.25, 0.3) is 0 Å². The van der Waals surface area contributed by atoms with Crippen molar-refractivity contribution in [2.75, 3.05) is 26.3 Å². The molecule has 4 nitrogen and oxygen atoms in total. The number of fused-ring (bicyclic) bond motifs is 1. The fraction of sp³-hybridized carbons (Fsp3) is 0.500. The summed E-state index contributed by atoms with van der Waals surface area (Å²) in [5.41, 5.74) is 1.33. The SMILES string of the molecule is O=C(NC1CCOCC1)C1CCCN(Cc2ccc3ccccc3c2)C1. The summed E-state index contributed by atoms with van der Waals surface area (Å²) in [6.45, 7) is 4.40. The van der Waals surface area contributed by atoms with Crippen molar-refractivity contribution in [3.63, 3.8) is 0 Å². The van der Waals surface area contributed by atoms with Gasteiger partial charge in [-0.2, -0.15) is 0 Å². The Morgan fingerprint density at radius 3 is 2.73 bits per heavy atom. The fourth-order valence-electron chi connectivity index (χ4n) is 4.17. The van der Waals surface area contributed by atoms with Gasteiger partial charge in [-0.1, -0.05) is 36.4 Å². The van der Waals surface area contributed by atoms with Crippen LogP contribution in [0.25, 0.3) is 10.8 Å². The third-order valence-electron chi connectivity index (χ3n) is 5.66. The second-order valence-corrected chi connectivity index (χ2v) is 7.65. The Balaban J connectivity index is 1.35. The Kier molecular flexibility index (Phi) is 5.51. The molecule has 2 aliphatic rings. The van der Waals surface area contributed by atoms with Crippen molar-refractivity contribution < 1.29 is 9.53 Å². The number of rotatable bonds is 4. The van der Waals surface area contributed by atoms with Crippen molar-refractivity contribution in [1.29, 1.82) is 0 Å². The average molecular weight is 352 g/mol. The molecule has 2 aromatic rings. The van der Waals surface area contributed by atoms with Gasteiger partial charge in [-0.05, 0) is 54.6 Å². The predicted octanol–water partition coefficient (Wildman–Crippen LogP) is 3.35. The first kappa shape index (κ1) is 17.5. The van der Waals surface area contributed by atoms with E-state index in [0.717, 1.165) is 58.5 Å². The third-order valence-corrected chi connectivity index (χ3v) is 5.66. The first-order chi connectivity index (χ1) is 12.8. The van der Waals surface area contributed by atoms with E-state index in [9.17, 15) is 4.79 Å². The molecule has 138 valence electrons. The zero-order valence-electron chi connectivity index (χ0n) is 15.3. The molecule has 26 heavy (non-hydrogen) atoms. The first-order valence-corrected chi connectivity index (χ1v) is 9.86. The van der Waals surface area contributed by atoms with Gasteiger partial charge >= 0.3 is 0 Å². The molecular formula is C22H28N2O2. The van der Waals surface area contributed by atoms with Gasteiger partial charge in [-0.25, -0.2) is 0 Å². The van der Waals surface area contributed by atoms with Gasteiger partial charge in [0.05, 0.1) is 5.92 Å². The second-order valence-electron chi connectivity index (χ2n) is 7.65. The molecule has 1 N–H and O–H groups in total. The van der Waals surface area contributed by atoms with Crippen LogP contribution < -0.4 is 5.32 Å². The van der Waals surface area contributed by atoms with E-state index in [4.69, 9.17) is 4.74 Å². The zero-order valence-corrected chi connectivity index (χ0v) is 15.3. The van der Waals surface area contributed by atoms with Crippen molar-refractivity contribution in [2.24, 2.45) is 5.92 Å². The summed E-state index contributed by atoms with van der Waals surface area (Å²) < 4.78 is 5.38. The molecule has 0 saturated carbocycles.